The third kappa shape index (κ3) is 7.76. The lowest BCUT2D eigenvalue weighted by Gasteiger charge is -2.48. The highest BCUT2D eigenvalue weighted by Gasteiger charge is 2.57. The SMILES string of the molecule is C[C@@H]1c2c(C(F)(F)F)nn(CC(=O)N[C@@H](Cc3cc(F)cc(F)c3)c3nc4nc(N5CCC6(CC5)CNC6)sc4cc3-c3cccc4c(NS(C)(=O)=O)nn(C)c34)c2C(F)(F)[C@@H]1C. The van der Waals surface area contributed by atoms with Crippen LogP contribution in [0.1, 0.15) is 66.9 Å². The van der Waals surface area contributed by atoms with Gasteiger partial charge in [-0.05, 0) is 60.4 Å². The molecule has 63 heavy (non-hydrogen) atoms. The van der Waals surface area contributed by atoms with Gasteiger partial charge in [0.15, 0.2) is 22.3 Å². The van der Waals surface area contributed by atoms with Crippen LogP contribution in [0.2, 0.25) is 0 Å². The first-order chi connectivity index (χ1) is 29.6. The van der Waals surface area contributed by atoms with Gasteiger partial charge in [-0.2, -0.15) is 37.1 Å². The van der Waals surface area contributed by atoms with Gasteiger partial charge in [-0.15, -0.1) is 0 Å². The van der Waals surface area contributed by atoms with Crippen LogP contribution in [-0.2, 0) is 46.9 Å². The van der Waals surface area contributed by atoms with E-state index in [4.69, 9.17) is 9.97 Å². The van der Waals surface area contributed by atoms with E-state index in [0.717, 1.165) is 64.3 Å². The highest BCUT2D eigenvalue weighted by Crippen LogP contribution is 2.55. The number of aryl methyl sites for hydroxylation is 1. The summed E-state index contributed by atoms with van der Waals surface area (Å²) in [6.45, 7) is 4.72. The number of hydrogen-bond acceptors (Lipinski definition) is 10. The Morgan fingerprint density at radius 1 is 1.02 bits per heavy atom. The predicted molar refractivity (Wildman–Crippen MR) is 222 cm³/mol. The number of hydrogen-bond donors (Lipinski definition) is 3. The number of benzene rings is 2. The fraction of sp³-hybridized carbons (Fsp3) is 0.439. The van der Waals surface area contributed by atoms with E-state index in [2.05, 4.69) is 30.5 Å². The molecule has 9 rings (SSSR count). The maximum absolute atomic E-state index is 15.7. The molecule has 2 aliphatic heterocycles. The average molecular weight is 919 g/mol. The van der Waals surface area contributed by atoms with Crippen molar-refractivity contribution < 1.29 is 43.9 Å². The number of amides is 1. The highest BCUT2D eigenvalue weighted by atomic mass is 32.2. The molecule has 0 unspecified atom stereocenters. The van der Waals surface area contributed by atoms with Crippen molar-refractivity contribution in [3.8, 4) is 11.1 Å². The first-order valence-corrected chi connectivity index (χ1v) is 22.8. The summed E-state index contributed by atoms with van der Waals surface area (Å²) in [5, 5.41) is 15.1. The minimum absolute atomic E-state index is 0.0301. The van der Waals surface area contributed by atoms with Gasteiger partial charge >= 0.3 is 6.18 Å². The van der Waals surface area contributed by atoms with E-state index in [0.29, 0.717) is 42.6 Å². The van der Waals surface area contributed by atoms with E-state index in [9.17, 15) is 35.2 Å². The summed E-state index contributed by atoms with van der Waals surface area (Å²) in [7, 11) is -2.18. The number of carbonyl (C=O) groups excluding carboxylic acids is 1. The van der Waals surface area contributed by atoms with Crippen molar-refractivity contribution in [2.24, 2.45) is 18.4 Å². The number of nitrogens with one attached hydrogen (secondary N) is 3. The van der Waals surface area contributed by atoms with Gasteiger partial charge in [0.25, 0.3) is 5.92 Å². The number of piperidine rings is 1. The highest BCUT2D eigenvalue weighted by molar-refractivity contribution is 7.92. The Labute approximate surface area is 360 Å². The van der Waals surface area contributed by atoms with Crippen LogP contribution < -0.4 is 20.3 Å². The van der Waals surface area contributed by atoms with Crippen molar-refractivity contribution in [3.63, 3.8) is 0 Å². The number of alkyl halides is 5. The molecule has 13 nitrogen and oxygen atoms in total. The van der Waals surface area contributed by atoms with Gasteiger partial charge in [0.1, 0.15) is 23.9 Å². The molecule has 4 aromatic heterocycles. The van der Waals surface area contributed by atoms with E-state index in [-0.39, 0.29) is 34.6 Å². The second-order valence-electron chi connectivity index (χ2n) is 16.9. The number of rotatable bonds is 10. The first kappa shape index (κ1) is 42.9. The van der Waals surface area contributed by atoms with E-state index in [1.165, 1.54) is 22.9 Å². The summed E-state index contributed by atoms with van der Waals surface area (Å²) < 4.78 is 133. The van der Waals surface area contributed by atoms with E-state index >= 15 is 8.78 Å². The van der Waals surface area contributed by atoms with Gasteiger partial charge < -0.3 is 15.5 Å². The zero-order valence-electron chi connectivity index (χ0n) is 34.2. The van der Waals surface area contributed by atoms with Crippen molar-refractivity contribution in [2.45, 2.75) is 63.7 Å². The van der Waals surface area contributed by atoms with Crippen molar-refractivity contribution >= 4 is 59.5 Å². The lowest BCUT2D eigenvalue weighted by atomic mass is 9.73. The molecule has 0 bridgehead atoms. The molecule has 334 valence electrons. The number of para-hydroxylation sites is 1. The third-order valence-corrected chi connectivity index (χ3v) is 14.2. The Morgan fingerprint density at radius 2 is 1.71 bits per heavy atom. The molecular formula is C41H41F7N10O3S2. The summed E-state index contributed by atoms with van der Waals surface area (Å²) in [6.07, 6.45) is -2.54. The van der Waals surface area contributed by atoms with Crippen molar-refractivity contribution in [2.75, 3.05) is 42.1 Å². The van der Waals surface area contributed by atoms with Gasteiger partial charge in [-0.1, -0.05) is 37.3 Å². The number of nitrogens with zero attached hydrogens (tertiary/aromatic N) is 7. The summed E-state index contributed by atoms with van der Waals surface area (Å²) in [6, 6.07) is 8.26. The number of carbonyl (C=O) groups is 1. The summed E-state index contributed by atoms with van der Waals surface area (Å²) in [5.74, 6) is -9.38. The van der Waals surface area contributed by atoms with Crippen LogP contribution in [0.25, 0.3) is 32.4 Å². The van der Waals surface area contributed by atoms with E-state index in [1.54, 1.807) is 31.3 Å². The molecule has 22 heteroatoms. The monoisotopic (exact) mass is 918 g/mol. The Kier molecular flexibility index (Phi) is 10.3. The molecule has 2 fully saturated rings. The standard InChI is InChI=1S/C41H41F7N10O3S2/c1-20-21(2)40(44,45)35-31(20)34(41(46,47)48)53-58(35)17-30(59)50-28(14-22-12-23(42)15-24(43)13-22)32-27(25-6-5-7-26-33(25)56(3)54-36(26)55-63(4,60)61)16-29-37(51-32)52-38(62-29)57-10-8-39(9-11-57)18-49-19-39/h5-7,12-13,15-16,20-21,28,49H,8-11,14,17-19H2,1-4H3,(H,50,59)(H,54,55)/t20-,21+,28-/m0/s1. The van der Waals surface area contributed by atoms with Gasteiger partial charge in [0, 0.05) is 67.3 Å². The number of fused-ring (bicyclic) bond motifs is 3. The largest absolute Gasteiger partial charge is 0.435 e. The average Bonchev–Trinajstić information content (AvgIpc) is 3.91. The Bertz CT molecular complexity index is 2900. The Balaban J connectivity index is 1.19. The number of anilines is 2. The molecular weight excluding hydrogens is 878 g/mol. The van der Waals surface area contributed by atoms with Gasteiger partial charge in [0.05, 0.1) is 28.2 Å². The van der Waals surface area contributed by atoms with Crippen molar-refractivity contribution in [3.05, 3.63) is 82.3 Å². The van der Waals surface area contributed by atoms with Gasteiger partial charge in [0.2, 0.25) is 15.9 Å². The number of pyridine rings is 1. The molecule has 1 amide bonds. The van der Waals surface area contributed by atoms with Crippen LogP contribution in [0, 0.1) is 23.0 Å². The number of aromatic nitrogens is 6. The van der Waals surface area contributed by atoms with E-state index < -0.39 is 81.0 Å². The molecule has 1 aliphatic carbocycles. The molecule has 2 aromatic carbocycles. The normalized spacial score (nSPS) is 20.0. The quantitative estimate of drug-likeness (QED) is 0.121. The molecule has 1 spiro atoms. The fourth-order valence-corrected chi connectivity index (χ4v) is 10.7. The predicted octanol–water partition coefficient (Wildman–Crippen LogP) is 7.25. The molecule has 0 saturated carbocycles. The molecule has 3 aliphatic rings. The summed E-state index contributed by atoms with van der Waals surface area (Å²) >= 11 is 1.38. The maximum Gasteiger partial charge on any atom is 0.435 e. The van der Waals surface area contributed by atoms with Crippen LogP contribution in [0.3, 0.4) is 0 Å². The van der Waals surface area contributed by atoms with Crippen LogP contribution in [0.5, 0.6) is 0 Å². The molecule has 3 N–H and O–H groups in total. The molecule has 0 radical (unpaired) electrons. The summed E-state index contributed by atoms with van der Waals surface area (Å²) in [4.78, 5) is 26.2. The minimum atomic E-state index is -5.10. The van der Waals surface area contributed by atoms with Crippen molar-refractivity contribution in [1.82, 2.24) is 40.2 Å². The second kappa shape index (κ2) is 15.1. The Hall–Kier alpha value is -5.35. The number of thiazole rings is 1. The summed E-state index contributed by atoms with van der Waals surface area (Å²) in [5.41, 5.74) is -1.27. The molecule has 2 saturated heterocycles. The minimum Gasteiger partial charge on any atom is -0.348 e. The number of halogens is 7. The lowest BCUT2D eigenvalue weighted by Crippen LogP contribution is -2.58. The van der Waals surface area contributed by atoms with Crippen LogP contribution in [-0.4, -0.2) is 76.3 Å². The van der Waals surface area contributed by atoms with Gasteiger partial charge in [-0.25, -0.2) is 22.2 Å². The van der Waals surface area contributed by atoms with Gasteiger partial charge in [-0.3, -0.25) is 18.9 Å². The van der Waals surface area contributed by atoms with Crippen molar-refractivity contribution in [1.29, 1.82) is 0 Å². The Morgan fingerprint density at radius 3 is 2.35 bits per heavy atom. The van der Waals surface area contributed by atoms with E-state index in [1.807, 2.05) is 0 Å². The lowest BCUT2D eigenvalue weighted by molar-refractivity contribution is -0.143. The topological polar surface area (TPSA) is 152 Å². The third-order valence-electron chi connectivity index (χ3n) is 12.6. The number of sulfonamides is 1. The zero-order chi connectivity index (χ0) is 45.0. The van der Waals surface area contributed by atoms with Crippen LogP contribution in [0.15, 0.2) is 42.5 Å². The molecule has 6 heterocycles. The molecule has 6 aromatic rings. The second-order valence-corrected chi connectivity index (χ2v) is 19.7. The maximum atomic E-state index is 15.7. The smallest absolute Gasteiger partial charge is 0.348 e. The van der Waals surface area contributed by atoms with Crippen LogP contribution in [0.4, 0.5) is 41.7 Å². The van der Waals surface area contributed by atoms with Crippen LogP contribution >= 0.6 is 11.3 Å². The first-order valence-electron chi connectivity index (χ1n) is 20.1. The zero-order valence-corrected chi connectivity index (χ0v) is 35.9. The molecule has 3 atom stereocenters. The fourth-order valence-electron chi connectivity index (χ4n) is 9.21.